The van der Waals surface area contributed by atoms with E-state index in [1.54, 1.807) is 0 Å². The first-order valence-corrected chi connectivity index (χ1v) is 20.2. The molecule has 57 heavy (non-hydrogen) atoms. The van der Waals surface area contributed by atoms with E-state index in [1.165, 1.54) is 42.4 Å². The number of para-hydroxylation sites is 2. The fourth-order valence-corrected chi connectivity index (χ4v) is 10.2. The van der Waals surface area contributed by atoms with Crippen molar-refractivity contribution in [3.63, 3.8) is 0 Å². The second kappa shape index (κ2) is 12.7. The summed E-state index contributed by atoms with van der Waals surface area (Å²) in [6.45, 7) is 0. The summed E-state index contributed by atoms with van der Waals surface area (Å²) in [5.41, 5.74) is 11.3. The lowest BCUT2D eigenvalue weighted by Gasteiger charge is -2.14. The highest BCUT2D eigenvalue weighted by molar-refractivity contribution is 7.20. The van der Waals surface area contributed by atoms with E-state index in [0.717, 1.165) is 62.5 Å². The maximum Gasteiger partial charge on any atom is 0.238 e. The highest BCUT2D eigenvalue weighted by Gasteiger charge is 2.24. The lowest BCUT2D eigenvalue weighted by Crippen LogP contribution is -2.07. The Labute approximate surface area is 332 Å². The first-order chi connectivity index (χ1) is 28.3. The van der Waals surface area contributed by atoms with Gasteiger partial charge in [-0.15, -0.1) is 11.3 Å². The third-order valence-electron chi connectivity index (χ3n) is 11.5. The van der Waals surface area contributed by atoms with E-state index in [9.17, 15) is 0 Å². The molecule has 0 saturated heterocycles. The minimum atomic E-state index is 0.579. The van der Waals surface area contributed by atoms with Crippen LogP contribution < -0.4 is 0 Å². The van der Waals surface area contributed by atoms with Gasteiger partial charge in [-0.1, -0.05) is 146 Å². The Morgan fingerprint density at radius 1 is 0.456 bits per heavy atom. The average Bonchev–Trinajstić information content (AvgIpc) is 3.95. The number of aromatic nitrogens is 5. The topological polar surface area (TPSA) is 48.5 Å². The fraction of sp³-hybridized carbons (Fsp3) is 0.0392. The summed E-state index contributed by atoms with van der Waals surface area (Å²) in [5, 5.41) is 6.05. The molecule has 0 bridgehead atoms. The van der Waals surface area contributed by atoms with Crippen LogP contribution >= 0.6 is 11.3 Å². The van der Waals surface area contributed by atoms with E-state index in [-0.39, 0.29) is 0 Å². The summed E-state index contributed by atoms with van der Waals surface area (Å²) in [7, 11) is 0. The first-order valence-electron chi connectivity index (χ1n) is 19.4. The molecule has 5 nitrogen and oxygen atoms in total. The number of thiophene rings is 1. The van der Waals surface area contributed by atoms with Gasteiger partial charge in [0.05, 0.1) is 22.1 Å². The number of aryl methyl sites for hydroxylation is 1. The zero-order valence-electron chi connectivity index (χ0n) is 30.8. The van der Waals surface area contributed by atoms with Gasteiger partial charge in [0.1, 0.15) is 0 Å². The maximum absolute atomic E-state index is 5.26. The van der Waals surface area contributed by atoms with Crippen LogP contribution in [0.3, 0.4) is 0 Å². The van der Waals surface area contributed by atoms with Crippen molar-refractivity contribution >= 4 is 71.1 Å². The van der Waals surface area contributed by atoms with E-state index in [1.807, 2.05) is 47.7 Å². The molecule has 0 radical (unpaired) electrons. The molecule has 0 saturated carbocycles. The van der Waals surface area contributed by atoms with Crippen molar-refractivity contribution in [3.05, 3.63) is 180 Å². The van der Waals surface area contributed by atoms with E-state index in [0.29, 0.717) is 17.6 Å². The minimum absolute atomic E-state index is 0.579. The van der Waals surface area contributed by atoms with Gasteiger partial charge < -0.3 is 4.57 Å². The standard InChI is InChI=1S/C51H33N5S/c1-3-14-33(15-4-1)49-52-50(34-16-5-2-6-17-34)54-51(53-49)56-44-24-11-8-19-38(44)41-31-30-40-37-18-7-10-23-43(37)55(46(40)47(41)56)35-28-26-32(27-29-35)36-21-13-22-42-39-20-9-12-25-45(39)57-48(36)42/h1-8,10-19,21-31H,9,20H2. The summed E-state index contributed by atoms with van der Waals surface area (Å²) in [6.07, 6.45) is 6.83. The molecule has 0 unspecified atom stereocenters. The van der Waals surface area contributed by atoms with Crippen LogP contribution in [0.15, 0.2) is 170 Å². The molecule has 0 spiro atoms. The monoisotopic (exact) mass is 747 g/mol. The lowest BCUT2D eigenvalue weighted by atomic mass is 9.98. The van der Waals surface area contributed by atoms with E-state index in [4.69, 9.17) is 15.0 Å². The molecule has 7 aromatic carbocycles. The highest BCUT2D eigenvalue weighted by Crippen LogP contribution is 2.44. The maximum atomic E-state index is 5.26. The molecule has 6 heteroatoms. The molecule has 0 atom stereocenters. The van der Waals surface area contributed by atoms with Gasteiger partial charge in [-0.3, -0.25) is 4.57 Å². The number of rotatable bonds is 5. The molecule has 1 aliphatic rings. The fourth-order valence-electron chi connectivity index (χ4n) is 8.89. The Balaban J connectivity index is 1.13. The molecular formula is C51H33N5S. The van der Waals surface area contributed by atoms with Crippen molar-refractivity contribution in [2.24, 2.45) is 0 Å². The summed E-state index contributed by atoms with van der Waals surface area (Å²) in [4.78, 5) is 16.9. The lowest BCUT2D eigenvalue weighted by molar-refractivity contribution is 0.953. The van der Waals surface area contributed by atoms with Gasteiger partial charge in [-0.2, -0.15) is 9.97 Å². The van der Waals surface area contributed by atoms with Crippen molar-refractivity contribution < 1.29 is 0 Å². The smallest absolute Gasteiger partial charge is 0.238 e. The van der Waals surface area contributed by atoms with Crippen molar-refractivity contribution in [1.29, 1.82) is 0 Å². The van der Waals surface area contributed by atoms with E-state index < -0.39 is 0 Å². The van der Waals surface area contributed by atoms with Crippen LogP contribution in [-0.4, -0.2) is 24.1 Å². The third-order valence-corrected chi connectivity index (χ3v) is 12.7. The Morgan fingerprint density at radius 2 is 1.04 bits per heavy atom. The molecule has 0 amide bonds. The van der Waals surface area contributed by atoms with Crippen molar-refractivity contribution in [1.82, 2.24) is 24.1 Å². The molecule has 11 aromatic rings. The molecule has 4 heterocycles. The number of fused-ring (bicyclic) bond motifs is 10. The number of nitrogens with zero attached hydrogens (tertiary/aromatic N) is 5. The van der Waals surface area contributed by atoms with Gasteiger partial charge >= 0.3 is 0 Å². The van der Waals surface area contributed by atoms with Crippen molar-refractivity contribution in [3.8, 4) is 45.5 Å². The van der Waals surface area contributed by atoms with Crippen LogP contribution in [-0.2, 0) is 6.42 Å². The Bertz CT molecular complexity index is 3330. The predicted molar refractivity (Wildman–Crippen MR) is 238 cm³/mol. The van der Waals surface area contributed by atoms with E-state index >= 15 is 0 Å². The van der Waals surface area contributed by atoms with Crippen LogP contribution in [0.2, 0.25) is 0 Å². The first kappa shape index (κ1) is 32.1. The number of benzene rings is 7. The second-order valence-corrected chi connectivity index (χ2v) is 15.7. The Kier molecular flexibility index (Phi) is 7.16. The van der Waals surface area contributed by atoms with Crippen LogP contribution in [0.4, 0.5) is 0 Å². The highest BCUT2D eigenvalue weighted by atomic mass is 32.1. The number of allylic oxidation sites excluding steroid dienone is 1. The zero-order valence-corrected chi connectivity index (χ0v) is 31.6. The van der Waals surface area contributed by atoms with Crippen molar-refractivity contribution in [2.75, 3.05) is 0 Å². The Morgan fingerprint density at radius 3 is 1.70 bits per heavy atom. The largest absolute Gasteiger partial charge is 0.307 e. The van der Waals surface area contributed by atoms with Gasteiger partial charge in [0.25, 0.3) is 0 Å². The molecule has 268 valence electrons. The van der Waals surface area contributed by atoms with Crippen LogP contribution in [0.25, 0.3) is 105 Å². The Hall–Kier alpha value is -7.15. The molecular weight excluding hydrogens is 715 g/mol. The molecule has 1 aliphatic carbocycles. The predicted octanol–water partition coefficient (Wildman–Crippen LogP) is 13.2. The third kappa shape index (κ3) is 4.97. The molecule has 0 fully saturated rings. The summed E-state index contributed by atoms with van der Waals surface area (Å²) >= 11 is 1.92. The van der Waals surface area contributed by atoms with Gasteiger partial charge in [-0.25, -0.2) is 4.98 Å². The number of hydrogen-bond donors (Lipinski definition) is 0. The SMILES string of the molecule is C1=Cc2sc3c(-c4ccc(-n5c6ccccc6c6ccc7c8ccccc8n(-c8nc(-c9ccccc9)nc(-c9ccccc9)n8)c7c65)cc4)cccc3c2CC1. The molecule has 0 aliphatic heterocycles. The van der Waals surface area contributed by atoms with Crippen LogP contribution in [0, 0.1) is 0 Å². The molecule has 12 rings (SSSR count). The molecule has 4 aromatic heterocycles. The van der Waals surface area contributed by atoms with Crippen LogP contribution in [0.1, 0.15) is 16.9 Å². The summed E-state index contributed by atoms with van der Waals surface area (Å²) in [5.74, 6) is 1.84. The summed E-state index contributed by atoms with van der Waals surface area (Å²) < 4.78 is 6.05. The van der Waals surface area contributed by atoms with E-state index in [2.05, 4.69) is 149 Å². The minimum Gasteiger partial charge on any atom is -0.307 e. The average molecular weight is 748 g/mol. The number of hydrogen-bond acceptors (Lipinski definition) is 4. The van der Waals surface area contributed by atoms with Gasteiger partial charge in [0.15, 0.2) is 11.6 Å². The normalized spacial score (nSPS) is 12.7. The second-order valence-electron chi connectivity index (χ2n) is 14.7. The quantitative estimate of drug-likeness (QED) is 0.176. The summed E-state index contributed by atoms with van der Waals surface area (Å²) in [6, 6.07) is 58.2. The van der Waals surface area contributed by atoms with Gasteiger partial charge in [0, 0.05) is 47.9 Å². The van der Waals surface area contributed by atoms with Gasteiger partial charge in [0.2, 0.25) is 5.95 Å². The van der Waals surface area contributed by atoms with Crippen molar-refractivity contribution in [2.45, 2.75) is 12.8 Å². The molecule has 0 N–H and O–H groups in total. The zero-order chi connectivity index (χ0) is 37.5. The van der Waals surface area contributed by atoms with Crippen LogP contribution in [0.5, 0.6) is 0 Å². The van der Waals surface area contributed by atoms with Gasteiger partial charge in [-0.05, 0) is 65.3 Å².